The van der Waals surface area contributed by atoms with Crippen LogP contribution in [0.2, 0.25) is 5.02 Å². The predicted molar refractivity (Wildman–Crippen MR) is 108 cm³/mol. The van der Waals surface area contributed by atoms with Gasteiger partial charge in [-0.05, 0) is 42.3 Å². The molecule has 2 heterocycles. The Bertz CT molecular complexity index is 1080. The molecule has 0 saturated heterocycles. The van der Waals surface area contributed by atoms with E-state index < -0.39 is 15.9 Å². The van der Waals surface area contributed by atoms with E-state index in [1.807, 2.05) is 42.1 Å². The van der Waals surface area contributed by atoms with Crippen LogP contribution in [0.4, 0.5) is 0 Å². The Kier molecular flexibility index (Phi) is 5.81. The number of carbonyl (C=O) groups excluding carboxylic acids is 1. The van der Waals surface area contributed by atoms with Crippen LogP contribution in [0.1, 0.15) is 24.8 Å². The van der Waals surface area contributed by atoms with E-state index >= 15 is 0 Å². The lowest BCUT2D eigenvalue weighted by atomic mass is 9.95. The van der Waals surface area contributed by atoms with Gasteiger partial charge in [0.1, 0.15) is 0 Å². The molecule has 0 radical (unpaired) electrons. The van der Waals surface area contributed by atoms with Crippen LogP contribution in [0.15, 0.2) is 55.0 Å². The molecule has 146 valence electrons. The van der Waals surface area contributed by atoms with Crippen molar-refractivity contribution in [2.24, 2.45) is 0 Å². The molecule has 0 aliphatic heterocycles. The summed E-state index contributed by atoms with van der Waals surface area (Å²) in [5.41, 5.74) is 3.20. The highest BCUT2D eigenvalue weighted by molar-refractivity contribution is 7.89. The first-order valence-electron chi connectivity index (χ1n) is 8.49. The molecule has 3 rings (SSSR count). The molecule has 0 bridgehead atoms. The maximum Gasteiger partial charge on any atom is 0.234 e. The third kappa shape index (κ3) is 4.96. The van der Waals surface area contributed by atoms with Crippen molar-refractivity contribution >= 4 is 27.5 Å². The summed E-state index contributed by atoms with van der Waals surface area (Å²) >= 11 is 5.96. The van der Waals surface area contributed by atoms with Gasteiger partial charge in [-0.25, -0.2) is 13.1 Å². The second-order valence-corrected chi connectivity index (χ2v) is 8.68. The van der Waals surface area contributed by atoms with Gasteiger partial charge in [-0.15, -0.1) is 0 Å². The van der Waals surface area contributed by atoms with E-state index in [0.29, 0.717) is 10.7 Å². The largest absolute Gasteiger partial charge is 0.274 e. The summed E-state index contributed by atoms with van der Waals surface area (Å²) < 4.78 is 26.3. The molecule has 0 fully saturated rings. The Labute approximate surface area is 168 Å². The average molecular weight is 419 g/mol. The summed E-state index contributed by atoms with van der Waals surface area (Å²) in [5, 5.41) is 5.30. The number of nitrogens with zero attached hydrogens (tertiary/aromatic N) is 3. The van der Waals surface area contributed by atoms with Gasteiger partial charge in [0.05, 0.1) is 17.6 Å². The number of halogens is 1. The number of hydrogen-bond donors (Lipinski definition) is 1. The van der Waals surface area contributed by atoms with Crippen LogP contribution in [0.5, 0.6) is 0 Å². The van der Waals surface area contributed by atoms with Crippen molar-refractivity contribution in [3.05, 3.63) is 65.6 Å². The molecular formula is C19H19ClN4O3S. The van der Waals surface area contributed by atoms with Gasteiger partial charge in [-0.2, -0.15) is 5.10 Å². The second kappa shape index (κ2) is 8.12. The molecule has 28 heavy (non-hydrogen) atoms. The van der Waals surface area contributed by atoms with Crippen molar-refractivity contribution in [2.45, 2.75) is 19.3 Å². The summed E-state index contributed by atoms with van der Waals surface area (Å²) in [6.45, 7) is 1.86. The van der Waals surface area contributed by atoms with Crippen molar-refractivity contribution in [3.8, 4) is 16.9 Å². The van der Waals surface area contributed by atoms with Crippen LogP contribution in [-0.2, 0) is 14.8 Å². The zero-order valence-electron chi connectivity index (χ0n) is 15.3. The summed E-state index contributed by atoms with van der Waals surface area (Å²) in [4.78, 5) is 16.1. The van der Waals surface area contributed by atoms with Crippen LogP contribution in [-0.4, -0.2) is 35.3 Å². The SMILES string of the molecule is CC(CC(=O)NS(C)(=O)=O)c1cn(-c2ccc(Cl)cc2)nc1-c1ccncc1. The summed E-state index contributed by atoms with van der Waals surface area (Å²) in [5.74, 6) is -0.819. The molecular weight excluding hydrogens is 400 g/mol. The van der Waals surface area contributed by atoms with Crippen LogP contribution in [0.25, 0.3) is 16.9 Å². The lowest BCUT2D eigenvalue weighted by Crippen LogP contribution is -2.30. The minimum Gasteiger partial charge on any atom is -0.274 e. The monoisotopic (exact) mass is 418 g/mol. The first-order chi connectivity index (χ1) is 13.2. The topological polar surface area (TPSA) is 94.0 Å². The highest BCUT2D eigenvalue weighted by Crippen LogP contribution is 2.31. The maximum atomic E-state index is 12.1. The third-order valence-corrected chi connectivity index (χ3v) is 4.96. The Morgan fingerprint density at radius 1 is 1.18 bits per heavy atom. The molecule has 1 atom stereocenters. The molecule has 3 aromatic rings. The van der Waals surface area contributed by atoms with Crippen LogP contribution < -0.4 is 4.72 Å². The van der Waals surface area contributed by atoms with Crippen molar-refractivity contribution in [1.82, 2.24) is 19.5 Å². The zero-order chi connectivity index (χ0) is 20.3. The van der Waals surface area contributed by atoms with Crippen molar-refractivity contribution < 1.29 is 13.2 Å². The Morgan fingerprint density at radius 2 is 1.82 bits per heavy atom. The quantitative estimate of drug-likeness (QED) is 0.663. The lowest BCUT2D eigenvalue weighted by molar-refractivity contribution is -0.119. The van der Waals surface area contributed by atoms with Crippen LogP contribution >= 0.6 is 11.6 Å². The predicted octanol–water partition coefficient (Wildman–Crippen LogP) is 3.16. The second-order valence-electron chi connectivity index (χ2n) is 6.49. The third-order valence-electron chi connectivity index (χ3n) is 4.11. The molecule has 9 heteroatoms. The van der Waals surface area contributed by atoms with Gasteiger partial charge in [0.2, 0.25) is 15.9 Å². The average Bonchev–Trinajstić information content (AvgIpc) is 3.07. The number of pyridine rings is 1. The lowest BCUT2D eigenvalue weighted by Gasteiger charge is -2.11. The van der Waals surface area contributed by atoms with E-state index in [1.54, 1.807) is 29.2 Å². The fourth-order valence-corrected chi connectivity index (χ4v) is 3.47. The number of amides is 1. The van der Waals surface area contributed by atoms with Gasteiger partial charge in [0, 0.05) is 41.2 Å². The van der Waals surface area contributed by atoms with Crippen molar-refractivity contribution in [1.29, 1.82) is 0 Å². The molecule has 0 aliphatic rings. The summed E-state index contributed by atoms with van der Waals surface area (Å²) in [6.07, 6.45) is 6.15. The van der Waals surface area contributed by atoms with Gasteiger partial charge in [0.15, 0.2) is 0 Å². The smallest absolute Gasteiger partial charge is 0.234 e. The Hall–Kier alpha value is -2.71. The summed E-state index contributed by atoms with van der Waals surface area (Å²) in [6, 6.07) is 10.9. The number of hydrogen-bond acceptors (Lipinski definition) is 5. The molecule has 1 N–H and O–H groups in total. The highest BCUT2D eigenvalue weighted by atomic mass is 35.5. The van der Waals surface area contributed by atoms with E-state index in [-0.39, 0.29) is 12.3 Å². The molecule has 0 aliphatic carbocycles. The molecule has 7 nitrogen and oxygen atoms in total. The van der Waals surface area contributed by atoms with Crippen molar-refractivity contribution in [3.63, 3.8) is 0 Å². The standard InChI is InChI=1S/C19H19ClN4O3S/c1-13(11-18(25)23-28(2,26)27)17-12-24(16-5-3-15(20)4-6-16)22-19(17)14-7-9-21-10-8-14/h3-10,12-13H,11H2,1-2H3,(H,23,25). The van der Waals surface area contributed by atoms with E-state index in [2.05, 4.69) is 10.1 Å². The number of rotatable bonds is 6. The van der Waals surface area contributed by atoms with Gasteiger partial charge in [-0.1, -0.05) is 18.5 Å². The number of sulfonamides is 1. The van der Waals surface area contributed by atoms with Crippen LogP contribution in [0.3, 0.4) is 0 Å². The minimum atomic E-state index is -3.60. The zero-order valence-corrected chi connectivity index (χ0v) is 16.9. The van der Waals surface area contributed by atoms with E-state index in [1.165, 1.54) is 0 Å². The van der Waals surface area contributed by atoms with E-state index in [9.17, 15) is 13.2 Å². The first kappa shape index (κ1) is 20.0. The molecule has 1 amide bonds. The molecule has 0 saturated carbocycles. The number of nitrogens with one attached hydrogen (secondary N) is 1. The van der Waals surface area contributed by atoms with E-state index in [0.717, 1.165) is 23.1 Å². The van der Waals surface area contributed by atoms with Gasteiger partial charge in [0.25, 0.3) is 0 Å². The van der Waals surface area contributed by atoms with E-state index in [4.69, 9.17) is 11.6 Å². The molecule has 1 unspecified atom stereocenters. The van der Waals surface area contributed by atoms with Gasteiger partial charge < -0.3 is 0 Å². The maximum absolute atomic E-state index is 12.1. The van der Waals surface area contributed by atoms with Gasteiger partial charge >= 0.3 is 0 Å². The first-order valence-corrected chi connectivity index (χ1v) is 10.8. The number of aromatic nitrogens is 3. The normalized spacial score (nSPS) is 12.5. The Morgan fingerprint density at radius 3 is 2.43 bits per heavy atom. The van der Waals surface area contributed by atoms with Gasteiger partial charge in [-0.3, -0.25) is 14.5 Å². The van der Waals surface area contributed by atoms with Crippen molar-refractivity contribution in [2.75, 3.05) is 6.26 Å². The fourth-order valence-electron chi connectivity index (χ4n) is 2.84. The molecule has 0 spiro atoms. The van der Waals surface area contributed by atoms with Crippen LogP contribution in [0, 0.1) is 0 Å². The highest BCUT2D eigenvalue weighted by Gasteiger charge is 2.21. The Balaban J connectivity index is 1.98. The molecule has 1 aromatic carbocycles. The number of carbonyl (C=O) groups is 1. The summed E-state index contributed by atoms with van der Waals surface area (Å²) in [7, 11) is -3.60. The fraction of sp³-hybridized carbons (Fsp3) is 0.211. The number of benzene rings is 1. The molecule has 2 aromatic heterocycles. The minimum absolute atomic E-state index is 0.0114.